The lowest BCUT2D eigenvalue weighted by atomic mass is 9.98. The number of nitrogens with two attached hydrogens (primary N) is 1. The lowest BCUT2D eigenvalue weighted by Gasteiger charge is -2.22. The lowest BCUT2D eigenvalue weighted by Crippen LogP contribution is -2.37. The number of carbonyl (C=O) groups is 2. The summed E-state index contributed by atoms with van der Waals surface area (Å²) in [6, 6.07) is 9.39. The Hall–Kier alpha value is -1.88. The molecule has 0 radical (unpaired) electrons. The predicted molar refractivity (Wildman–Crippen MR) is 75.1 cm³/mol. The lowest BCUT2D eigenvalue weighted by molar-refractivity contribution is -0.142. The van der Waals surface area contributed by atoms with E-state index in [1.54, 1.807) is 4.90 Å². The number of likely N-dealkylation sites (tertiary alicyclic amines) is 1. The maximum Gasteiger partial charge on any atom is 0.308 e. The van der Waals surface area contributed by atoms with Crippen molar-refractivity contribution in [1.29, 1.82) is 0 Å². The number of carboxylic acid groups (broad SMARTS) is 1. The van der Waals surface area contributed by atoms with Crippen LogP contribution >= 0.6 is 0 Å². The maximum atomic E-state index is 12.5. The van der Waals surface area contributed by atoms with Gasteiger partial charge in [-0.1, -0.05) is 37.3 Å². The summed E-state index contributed by atoms with van der Waals surface area (Å²) in [5.41, 5.74) is 6.62. The van der Waals surface area contributed by atoms with Gasteiger partial charge in [0, 0.05) is 19.6 Å². The molecule has 0 aliphatic carbocycles. The zero-order valence-electron chi connectivity index (χ0n) is 11.5. The van der Waals surface area contributed by atoms with Gasteiger partial charge in [0.2, 0.25) is 5.91 Å². The Balaban J connectivity index is 2.13. The van der Waals surface area contributed by atoms with Crippen LogP contribution in [0.4, 0.5) is 0 Å². The average molecular weight is 276 g/mol. The van der Waals surface area contributed by atoms with Crippen LogP contribution in [0, 0.1) is 11.8 Å². The summed E-state index contributed by atoms with van der Waals surface area (Å²) < 4.78 is 0. The second-order valence-electron chi connectivity index (χ2n) is 5.36. The molecule has 3 unspecified atom stereocenters. The van der Waals surface area contributed by atoms with Gasteiger partial charge in [-0.3, -0.25) is 9.59 Å². The molecule has 0 bridgehead atoms. The summed E-state index contributed by atoms with van der Waals surface area (Å²) in [4.78, 5) is 25.3. The minimum absolute atomic E-state index is 0.0225. The third-order valence-corrected chi connectivity index (χ3v) is 3.98. The Labute approximate surface area is 118 Å². The van der Waals surface area contributed by atoms with E-state index >= 15 is 0 Å². The van der Waals surface area contributed by atoms with E-state index < -0.39 is 17.8 Å². The molecule has 1 heterocycles. The quantitative estimate of drug-likeness (QED) is 0.856. The number of amides is 1. The first kappa shape index (κ1) is 14.5. The van der Waals surface area contributed by atoms with Crippen molar-refractivity contribution < 1.29 is 14.7 Å². The van der Waals surface area contributed by atoms with Crippen LogP contribution in [0.15, 0.2) is 30.3 Å². The third-order valence-electron chi connectivity index (χ3n) is 3.98. The molecule has 3 atom stereocenters. The van der Waals surface area contributed by atoms with Crippen molar-refractivity contribution in [3.05, 3.63) is 35.9 Å². The van der Waals surface area contributed by atoms with Crippen LogP contribution in [0.3, 0.4) is 0 Å². The Kier molecular flexibility index (Phi) is 4.39. The van der Waals surface area contributed by atoms with E-state index in [0.29, 0.717) is 6.54 Å². The summed E-state index contributed by atoms with van der Waals surface area (Å²) in [5.74, 6) is -1.80. The Morgan fingerprint density at radius 2 is 2.00 bits per heavy atom. The van der Waals surface area contributed by atoms with E-state index in [1.807, 2.05) is 37.3 Å². The van der Waals surface area contributed by atoms with Gasteiger partial charge in [-0.25, -0.2) is 0 Å². The fraction of sp³-hybridized carbons (Fsp3) is 0.467. The third kappa shape index (κ3) is 2.82. The molecule has 1 aromatic carbocycles. The van der Waals surface area contributed by atoms with Gasteiger partial charge < -0.3 is 15.7 Å². The van der Waals surface area contributed by atoms with E-state index in [2.05, 4.69) is 0 Å². The highest BCUT2D eigenvalue weighted by Crippen LogP contribution is 2.27. The van der Waals surface area contributed by atoms with Gasteiger partial charge in [-0.2, -0.15) is 0 Å². The zero-order valence-corrected chi connectivity index (χ0v) is 11.5. The molecule has 1 saturated heterocycles. The standard InChI is InChI=1S/C15H20N2O3/c1-10-8-17(9-13(10)15(19)20)14(18)12(7-16)11-5-3-2-4-6-11/h2-6,10,12-13H,7-9,16H2,1H3,(H,19,20). The minimum atomic E-state index is -0.836. The second kappa shape index (κ2) is 6.05. The summed E-state index contributed by atoms with van der Waals surface area (Å²) >= 11 is 0. The molecule has 0 aromatic heterocycles. The van der Waals surface area contributed by atoms with Gasteiger partial charge in [0.05, 0.1) is 11.8 Å². The van der Waals surface area contributed by atoms with Crippen molar-refractivity contribution in [2.45, 2.75) is 12.8 Å². The average Bonchev–Trinajstić information content (AvgIpc) is 2.83. The molecule has 3 N–H and O–H groups in total. The molecule has 2 rings (SSSR count). The SMILES string of the molecule is CC1CN(C(=O)C(CN)c2ccccc2)CC1C(=O)O. The Bertz CT molecular complexity index is 489. The highest BCUT2D eigenvalue weighted by Gasteiger charge is 2.38. The molecule has 5 heteroatoms. The highest BCUT2D eigenvalue weighted by molar-refractivity contribution is 5.85. The summed E-state index contributed by atoms with van der Waals surface area (Å²) in [6.45, 7) is 2.86. The molecule has 0 spiro atoms. The van der Waals surface area contributed by atoms with Crippen molar-refractivity contribution in [3.8, 4) is 0 Å². The van der Waals surface area contributed by atoms with Crippen LogP contribution in [0.2, 0.25) is 0 Å². The Morgan fingerprint density at radius 1 is 1.35 bits per heavy atom. The molecule has 1 fully saturated rings. The van der Waals surface area contributed by atoms with E-state index in [4.69, 9.17) is 10.8 Å². The molecule has 1 amide bonds. The van der Waals surface area contributed by atoms with Crippen LogP contribution in [0.25, 0.3) is 0 Å². The van der Waals surface area contributed by atoms with Gasteiger partial charge >= 0.3 is 5.97 Å². The van der Waals surface area contributed by atoms with Gasteiger partial charge in [-0.15, -0.1) is 0 Å². The van der Waals surface area contributed by atoms with E-state index in [-0.39, 0.29) is 24.9 Å². The largest absolute Gasteiger partial charge is 0.481 e. The minimum Gasteiger partial charge on any atom is -0.481 e. The normalized spacial score (nSPS) is 23.6. The molecule has 20 heavy (non-hydrogen) atoms. The monoisotopic (exact) mass is 276 g/mol. The number of rotatable bonds is 4. The van der Waals surface area contributed by atoms with Gasteiger partial charge in [-0.05, 0) is 11.5 Å². The topological polar surface area (TPSA) is 83.6 Å². The van der Waals surface area contributed by atoms with Crippen LogP contribution in [0.1, 0.15) is 18.4 Å². The van der Waals surface area contributed by atoms with Crippen LogP contribution in [-0.4, -0.2) is 41.5 Å². The van der Waals surface area contributed by atoms with E-state index in [9.17, 15) is 9.59 Å². The maximum absolute atomic E-state index is 12.5. The zero-order chi connectivity index (χ0) is 14.7. The van der Waals surface area contributed by atoms with E-state index in [0.717, 1.165) is 5.56 Å². The van der Waals surface area contributed by atoms with E-state index in [1.165, 1.54) is 0 Å². The van der Waals surface area contributed by atoms with Gasteiger partial charge in [0.15, 0.2) is 0 Å². The predicted octanol–water partition coefficient (Wildman–Crippen LogP) is 0.908. The summed E-state index contributed by atoms with van der Waals surface area (Å²) in [7, 11) is 0. The summed E-state index contributed by atoms with van der Waals surface area (Å²) in [5, 5.41) is 9.13. The number of hydrogen-bond acceptors (Lipinski definition) is 3. The molecule has 1 aliphatic heterocycles. The first-order valence-corrected chi connectivity index (χ1v) is 6.81. The molecule has 0 saturated carbocycles. The van der Waals surface area contributed by atoms with Crippen molar-refractivity contribution in [2.75, 3.05) is 19.6 Å². The van der Waals surface area contributed by atoms with Gasteiger partial charge in [0.25, 0.3) is 0 Å². The fourth-order valence-electron chi connectivity index (χ4n) is 2.75. The molecule has 5 nitrogen and oxygen atoms in total. The molecular weight excluding hydrogens is 256 g/mol. The molecular formula is C15H20N2O3. The Morgan fingerprint density at radius 3 is 2.50 bits per heavy atom. The van der Waals surface area contributed by atoms with Crippen molar-refractivity contribution in [2.24, 2.45) is 17.6 Å². The summed E-state index contributed by atoms with van der Waals surface area (Å²) in [6.07, 6.45) is 0. The number of hydrogen-bond donors (Lipinski definition) is 2. The van der Waals surface area contributed by atoms with Crippen LogP contribution in [0.5, 0.6) is 0 Å². The number of nitrogens with zero attached hydrogens (tertiary/aromatic N) is 1. The molecule has 1 aromatic rings. The van der Waals surface area contributed by atoms with Crippen molar-refractivity contribution in [1.82, 2.24) is 4.90 Å². The molecule has 1 aliphatic rings. The first-order chi connectivity index (χ1) is 9.54. The number of benzene rings is 1. The smallest absolute Gasteiger partial charge is 0.308 e. The highest BCUT2D eigenvalue weighted by atomic mass is 16.4. The van der Waals surface area contributed by atoms with Crippen molar-refractivity contribution >= 4 is 11.9 Å². The fourth-order valence-corrected chi connectivity index (χ4v) is 2.75. The second-order valence-corrected chi connectivity index (χ2v) is 5.36. The van der Waals surface area contributed by atoms with Gasteiger partial charge in [0.1, 0.15) is 0 Å². The number of carbonyl (C=O) groups excluding carboxylic acids is 1. The first-order valence-electron chi connectivity index (χ1n) is 6.81. The van der Waals surface area contributed by atoms with Crippen molar-refractivity contribution in [3.63, 3.8) is 0 Å². The number of aliphatic carboxylic acids is 1. The molecule has 108 valence electrons. The number of carboxylic acids is 1. The van der Waals surface area contributed by atoms with Crippen LogP contribution < -0.4 is 5.73 Å². The van der Waals surface area contributed by atoms with Crippen LogP contribution in [-0.2, 0) is 9.59 Å².